The molecule has 0 aliphatic rings. The molecule has 1 aromatic carbocycles. The standard InChI is InChI=1S/C28H41N3O3/c1-11-31-26(19(4)20(5)30-31)27(34-21(6)33-25(32)16-18(2)3)24(17-29-10)22-12-14-23(15-13-22)28(7,8)9/h12-15,17-18,21H,11,16H2,1-10H3/b27-24-,29-17?. The zero-order valence-electron chi connectivity index (χ0n) is 22.5. The monoisotopic (exact) mass is 467 g/mol. The molecule has 0 saturated heterocycles. The highest BCUT2D eigenvalue weighted by Gasteiger charge is 2.24. The fourth-order valence-electron chi connectivity index (χ4n) is 3.73. The summed E-state index contributed by atoms with van der Waals surface area (Å²) in [5.74, 6) is 0.531. The van der Waals surface area contributed by atoms with Crippen LogP contribution in [0.4, 0.5) is 0 Å². The normalized spacial score (nSPS) is 13.9. The molecule has 6 nitrogen and oxygen atoms in total. The third kappa shape index (κ3) is 6.81. The van der Waals surface area contributed by atoms with E-state index in [1.54, 1.807) is 20.2 Å². The van der Waals surface area contributed by atoms with Crippen LogP contribution >= 0.6 is 0 Å². The van der Waals surface area contributed by atoms with Gasteiger partial charge in [0.25, 0.3) is 0 Å². The molecule has 0 N–H and O–H groups in total. The quantitative estimate of drug-likeness (QED) is 0.187. The fourth-order valence-corrected chi connectivity index (χ4v) is 3.73. The Morgan fingerprint density at radius 1 is 1.12 bits per heavy atom. The molecule has 0 fully saturated rings. The Hall–Kier alpha value is -2.89. The van der Waals surface area contributed by atoms with E-state index in [9.17, 15) is 4.79 Å². The highest BCUT2D eigenvalue weighted by molar-refractivity contribution is 6.18. The molecule has 0 aliphatic carbocycles. The first-order valence-corrected chi connectivity index (χ1v) is 12.1. The number of hydrogen-bond donors (Lipinski definition) is 0. The summed E-state index contributed by atoms with van der Waals surface area (Å²) in [5, 5.41) is 4.69. The van der Waals surface area contributed by atoms with Crippen LogP contribution in [0.2, 0.25) is 0 Å². The van der Waals surface area contributed by atoms with E-state index >= 15 is 0 Å². The minimum Gasteiger partial charge on any atom is -0.452 e. The van der Waals surface area contributed by atoms with Gasteiger partial charge in [-0.05, 0) is 43.2 Å². The van der Waals surface area contributed by atoms with E-state index in [4.69, 9.17) is 9.47 Å². The van der Waals surface area contributed by atoms with Crippen molar-refractivity contribution in [2.24, 2.45) is 10.9 Å². The predicted octanol–water partition coefficient (Wildman–Crippen LogP) is 6.34. The molecule has 1 aromatic heterocycles. The van der Waals surface area contributed by atoms with Gasteiger partial charge >= 0.3 is 5.97 Å². The molecular weight excluding hydrogens is 426 g/mol. The van der Waals surface area contributed by atoms with E-state index in [1.165, 1.54) is 5.56 Å². The summed E-state index contributed by atoms with van der Waals surface area (Å²) >= 11 is 0. The Balaban J connectivity index is 2.67. The van der Waals surface area contributed by atoms with Crippen molar-refractivity contribution in [2.45, 2.75) is 87.0 Å². The molecule has 0 radical (unpaired) electrons. The molecule has 34 heavy (non-hydrogen) atoms. The summed E-state index contributed by atoms with van der Waals surface area (Å²) < 4.78 is 13.9. The Kier molecular flexibility index (Phi) is 9.25. The number of aryl methyl sites for hydroxylation is 2. The summed E-state index contributed by atoms with van der Waals surface area (Å²) in [5.41, 5.74) is 5.88. The third-order valence-corrected chi connectivity index (χ3v) is 5.66. The summed E-state index contributed by atoms with van der Waals surface area (Å²) in [6, 6.07) is 8.45. The second kappa shape index (κ2) is 11.5. The van der Waals surface area contributed by atoms with Crippen molar-refractivity contribution in [1.82, 2.24) is 9.78 Å². The number of nitrogens with zero attached hydrogens (tertiary/aromatic N) is 3. The second-order valence-electron chi connectivity index (χ2n) is 10.1. The van der Waals surface area contributed by atoms with Gasteiger partial charge in [-0.2, -0.15) is 5.10 Å². The number of ether oxygens (including phenoxy) is 2. The lowest BCUT2D eigenvalue weighted by Crippen LogP contribution is -2.20. The first kappa shape index (κ1) is 27.4. The molecule has 186 valence electrons. The van der Waals surface area contributed by atoms with Crippen LogP contribution in [0.3, 0.4) is 0 Å². The van der Waals surface area contributed by atoms with Gasteiger partial charge in [-0.1, -0.05) is 58.9 Å². The molecule has 2 rings (SSSR count). The molecule has 0 spiro atoms. The zero-order chi connectivity index (χ0) is 25.6. The van der Waals surface area contributed by atoms with Crippen molar-refractivity contribution in [3.05, 3.63) is 52.3 Å². The summed E-state index contributed by atoms with van der Waals surface area (Å²) in [6.07, 6.45) is 1.37. The third-order valence-electron chi connectivity index (χ3n) is 5.66. The molecular formula is C28H41N3O3. The van der Waals surface area contributed by atoms with Crippen LogP contribution in [0.1, 0.15) is 83.0 Å². The molecule has 1 unspecified atom stereocenters. The maximum Gasteiger partial charge on any atom is 0.309 e. The van der Waals surface area contributed by atoms with Crippen LogP contribution < -0.4 is 0 Å². The summed E-state index contributed by atoms with van der Waals surface area (Å²) in [4.78, 5) is 16.6. The zero-order valence-corrected chi connectivity index (χ0v) is 22.5. The summed E-state index contributed by atoms with van der Waals surface area (Å²) in [7, 11) is 1.74. The van der Waals surface area contributed by atoms with Crippen LogP contribution in [0.5, 0.6) is 0 Å². The fraction of sp³-hybridized carbons (Fsp3) is 0.536. The lowest BCUT2D eigenvalue weighted by Gasteiger charge is -2.22. The lowest BCUT2D eigenvalue weighted by molar-refractivity contribution is -0.165. The Bertz CT molecular complexity index is 1040. The highest BCUT2D eigenvalue weighted by Crippen LogP contribution is 2.32. The van der Waals surface area contributed by atoms with Gasteiger partial charge in [0.15, 0.2) is 5.76 Å². The molecule has 0 aliphatic heterocycles. The van der Waals surface area contributed by atoms with Crippen LogP contribution in [-0.4, -0.2) is 35.3 Å². The van der Waals surface area contributed by atoms with Crippen LogP contribution in [0.15, 0.2) is 29.3 Å². The molecule has 0 bridgehead atoms. The Morgan fingerprint density at radius 2 is 1.74 bits per heavy atom. The van der Waals surface area contributed by atoms with Crippen molar-refractivity contribution in [3.8, 4) is 0 Å². The largest absolute Gasteiger partial charge is 0.452 e. The first-order valence-electron chi connectivity index (χ1n) is 12.1. The molecule has 1 atom stereocenters. The van der Waals surface area contributed by atoms with Crippen LogP contribution in [0.25, 0.3) is 11.3 Å². The average molecular weight is 468 g/mol. The maximum absolute atomic E-state index is 12.3. The number of carbonyl (C=O) groups is 1. The Morgan fingerprint density at radius 3 is 2.24 bits per heavy atom. The minimum atomic E-state index is -0.768. The number of aliphatic imine (C=N–C) groups is 1. The van der Waals surface area contributed by atoms with Gasteiger partial charge < -0.3 is 9.47 Å². The van der Waals surface area contributed by atoms with Gasteiger partial charge in [-0.25, -0.2) is 0 Å². The molecule has 6 heteroatoms. The SMILES string of the molecule is CCn1nc(C)c(C)c1/C(OC(C)OC(=O)CC(C)C)=C(\C=NC)c1ccc(C(C)(C)C)cc1. The van der Waals surface area contributed by atoms with Gasteiger partial charge in [0.2, 0.25) is 6.29 Å². The predicted molar refractivity (Wildman–Crippen MR) is 140 cm³/mol. The van der Waals surface area contributed by atoms with Gasteiger partial charge in [0, 0.05) is 44.3 Å². The van der Waals surface area contributed by atoms with Crippen molar-refractivity contribution >= 4 is 23.5 Å². The minimum absolute atomic E-state index is 0.0498. The van der Waals surface area contributed by atoms with Crippen molar-refractivity contribution < 1.29 is 14.3 Å². The lowest BCUT2D eigenvalue weighted by atomic mass is 9.86. The van der Waals surface area contributed by atoms with Crippen molar-refractivity contribution in [2.75, 3.05) is 7.05 Å². The van der Waals surface area contributed by atoms with Crippen molar-refractivity contribution in [3.63, 3.8) is 0 Å². The van der Waals surface area contributed by atoms with Gasteiger partial charge in [-0.3, -0.25) is 14.5 Å². The van der Waals surface area contributed by atoms with E-state index in [-0.39, 0.29) is 17.3 Å². The van der Waals surface area contributed by atoms with E-state index in [0.717, 1.165) is 28.1 Å². The summed E-state index contributed by atoms with van der Waals surface area (Å²) in [6.45, 7) is 19.0. The number of carbonyl (C=O) groups excluding carboxylic acids is 1. The van der Waals surface area contributed by atoms with Crippen LogP contribution in [0, 0.1) is 19.8 Å². The first-order chi connectivity index (χ1) is 15.9. The van der Waals surface area contributed by atoms with E-state index in [0.29, 0.717) is 18.7 Å². The molecule has 0 amide bonds. The molecule has 0 saturated carbocycles. The smallest absolute Gasteiger partial charge is 0.309 e. The number of aromatic nitrogens is 2. The second-order valence-corrected chi connectivity index (χ2v) is 10.1. The van der Waals surface area contributed by atoms with E-state index < -0.39 is 6.29 Å². The molecule has 1 heterocycles. The van der Waals surface area contributed by atoms with Gasteiger partial charge in [0.1, 0.15) is 5.69 Å². The maximum atomic E-state index is 12.3. The van der Waals surface area contributed by atoms with Gasteiger partial charge in [0.05, 0.1) is 5.69 Å². The van der Waals surface area contributed by atoms with Gasteiger partial charge in [-0.15, -0.1) is 0 Å². The highest BCUT2D eigenvalue weighted by atomic mass is 16.7. The van der Waals surface area contributed by atoms with E-state index in [1.807, 2.05) is 39.3 Å². The van der Waals surface area contributed by atoms with Crippen molar-refractivity contribution in [1.29, 1.82) is 0 Å². The number of rotatable bonds is 9. The Labute approximate surface area is 205 Å². The van der Waals surface area contributed by atoms with E-state index in [2.05, 4.69) is 55.1 Å². The number of benzene rings is 1. The number of esters is 1. The number of allylic oxidation sites excluding steroid dienone is 1. The average Bonchev–Trinajstić information content (AvgIpc) is 3.03. The number of hydrogen-bond acceptors (Lipinski definition) is 5. The topological polar surface area (TPSA) is 65.7 Å². The molecule has 2 aromatic rings. The van der Waals surface area contributed by atoms with Crippen LogP contribution in [-0.2, 0) is 26.2 Å².